The maximum atomic E-state index is 15.6. The van der Waals surface area contributed by atoms with Gasteiger partial charge in [0.2, 0.25) is 0 Å². The lowest BCUT2D eigenvalue weighted by molar-refractivity contribution is -0.181. The Morgan fingerprint density at radius 3 is 2.62 bits per heavy atom. The third-order valence-electron chi connectivity index (χ3n) is 5.92. The minimum Gasteiger partial charge on any atom is -0.462 e. The zero-order valence-corrected chi connectivity index (χ0v) is 23.3. The highest BCUT2D eigenvalue weighted by atomic mass is 32.5. The molecule has 12 nitrogen and oxygen atoms in total. The molecule has 40 heavy (non-hydrogen) atoms. The number of carbonyl (C=O) groups is 1. The number of nitrogen functional groups attached to an aromatic ring is 1. The third kappa shape index (κ3) is 6.06. The van der Waals surface area contributed by atoms with Gasteiger partial charge in [0, 0.05) is 0 Å². The van der Waals surface area contributed by atoms with Crippen LogP contribution in [0.15, 0.2) is 43.0 Å². The van der Waals surface area contributed by atoms with Gasteiger partial charge in [-0.05, 0) is 44.7 Å². The second-order valence-corrected chi connectivity index (χ2v) is 12.4. The molecular weight excluding hydrogens is 576 g/mol. The molecule has 1 unspecified atom stereocenters. The van der Waals surface area contributed by atoms with Gasteiger partial charge in [-0.2, -0.15) is 0 Å². The lowest BCUT2D eigenvalue weighted by Gasteiger charge is -2.33. The first-order valence-corrected chi connectivity index (χ1v) is 14.7. The molecule has 0 spiro atoms. The molecule has 17 heteroatoms. The molecule has 4 N–H and O–H groups in total. The van der Waals surface area contributed by atoms with E-state index in [2.05, 4.69) is 20.0 Å². The molecule has 0 aliphatic carbocycles. The number of nitrogens with one attached hydrogen (secondary N) is 1. The molecule has 1 aromatic carbocycles. The van der Waals surface area contributed by atoms with Crippen molar-refractivity contribution in [1.29, 1.82) is 0 Å². The van der Waals surface area contributed by atoms with Gasteiger partial charge in [-0.1, -0.05) is 18.2 Å². The SMILES string of the molecule is CC(C)OC(=O)[C@H](C)NP(=S)(OC[C@@]1(C(F)F)O[C@@H](n2cnc3c(N)ncnc32)[C@H](O)[C@H]1F)Oc1ccccc1. The summed E-state index contributed by atoms with van der Waals surface area (Å²) in [5.41, 5.74) is 2.94. The first-order chi connectivity index (χ1) is 18.9. The van der Waals surface area contributed by atoms with E-state index < -0.39 is 61.9 Å². The molecule has 1 aliphatic rings. The number of hydrogen-bond donors (Lipinski definition) is 3. The number of aliphatic hydroxyl groups excluding tert-OH is 1. The Bertz CT molecular complexity index is 1390. The maximum absolute atomic E-state index is 15.6. The first kappa shape index (κ1) is 30.1. The highest BCUT2D eigenvalue weighted by Crippen LogP contribution is 2.50. The van der Waals surface area contributed by atoms with E-state index in [-0.39, 0.29) is 22.7 Å². The second-order valence-electron chi connectivity index (χ2n) is 9.25. The average molecular weight is 605 g/mol. The van der Waals surface area contributed by atoms with Crippen molar-refractivity contribution in [2.24, 2.45) is 0 Å². The van der Waals surface area contributed by atoms with Crippen LogP contribution in [0.1, 0.15) is 27.0 Å². The molecule has 218 valence electrons. The number of nitrogens with zero attached hydrogens (tertiary/aromatic N) is 4. The summed E-state index contributed by atoms with van der Waals surface area (Å²) in [6, 6.07) is 6.97. The van der Waals surface area contributed by atoms with Crippen molar-refractivity contribution in [3.05, 3.63) is 43.0 Å². The highest BCUT2D eigenvalue weighted by molar-refractivity contribution is 8.09. The van der Waals surface area contributed by atoms with Gasteiger partial charge in [0.15, 0.2) is 29.5 Å². The van der Waals surface area contributed by atoms with E-state index in [0.717, 1.165) is 17.2 Å². The number of alkyl halides is 3. The van der Waals surface area contributed by atoms with Crippen molar-refractivity contribution < 1.29 is 41.6 Å². The minimum atomic E-state index is -3.84. The van der Waals surface area contributed by atoms with Gasteiger partial charge in [0.1, 0.15) is 29.7 Å². The number of aromatic nitrogens is 4. The van der Waals surface area contributed by atoms with Crippen LogP contribution in [0.25, 0.3) is 11.2 Å². The number of fused-ring (bicyclic) bond motifs is 1. The van der Waals surface area contributed by atoms with Crippen molar-refractivity contribution in [3.63, 3.8) is 0 Å². The summed E-state index contributed by atoms with van der Waals surface area (Å²) in [6.07, 6.45) is -8.10. The summed E-state index contributed by atoms with van der Waals surface area (Å²) in [5.74, 6) is -0.498. The normalized spacial score (nSPS) is 25.3. The van der Waals surface area contributed by atoms with E-state index in [1.807, 2.05) is 0 Å². The average Bonchev–Trinajstić information content (AvgIpc) is 3.43. The molecule has 4 rings (SSSR count). The summed E-state index contributed by atoms with van der Waals surface area (Å²) in [7, 11) is 0. The van der Waals surface area contributed by atoms with Crippen LogP contribution in [-0.4, -0.2) is 73.6 Å². The quantitative estimate of drug-likeness (QED) is 0.218. The van der Waals surface area contributed by atoms with E-state index in [9.17, 15) is 18.7 Å². The standard InChI is InChI=1S/C23H28F3N6O6PS/c1-12(2)36-21(34)13(3)31-39(40,38-14-7-5-4-6-8-14)35-9-23(22(25)26)17(24)16(33)20(37-23)32-11-30-15-18(27)28-10-29-19(15)32/h4-8,10-13,16-17,20,22,33H,9H2,1-3H3,(H,31,40)(H2,27,28,29)/t13-,16+,17+,20+,23+,39?/m0/s1. The molecular formula is C23H28F3N6O6PS. The third-order valence-corrected chi connectivity index (χ3v) is 8.40. The Labute approximate surface area is 232 Å². The van der Waals surface area contributed by atoms with Crippen LogP contribution in [0.5, 0.6) is 5.75 Å². The van der Waals surface area contributed by atoms with Crippen molar-refractivity contribution in [2.75, 3.05) is 12.3 Å². The molecule has 0 bridgehead atoms. The van der Waals surface area contributed by atoms with Crippen LogP contribution in [0, 0.1) is 0 Å². The van der Waals surface area contributed by atoms with E-state index in [1.165, 1.54) is 19.1 Å². The van der Waals surface area contributed by atoms with Gasteiger partial charge in [-0.15, -0.1) is 0 Å². The number of ether oxygens (including phenoxy) is 2. The molecule has 3 heterocycles. The highest BCUT2D eigenvalue weighted by Gasteiger charge is 2.62. The van der Waals surface area contributed by atoms with E-state index in [1.54, 1.807) is 32.0 Å². The first-order valence-electron chi connectivity index (χ1n) is 12.1. The van der Waals surface area contributed by atoms with Crippen LogP contribution in [-0.2, 0) is 30.6 Å². The van der Waals surface area contributed by atoms with Crippen LogP contribution >= 0.6 is 6.64 Å². The van der Waals surface area contributed by atoms with E-state index >= 15 is 4.39 Å². The Hall–Kier alpha value is -2.88. The second kappa shape index (κ2) is 11.9. The number of imidazole rings is 1. The van der Waals surface area contributed by atoms with Crippen LogP contribution in [0.2, 0.25) is 0 Å². The summed E-state index contributed by atoms with van der Waals surface area (Å²) in [5, 5.41) is 13.4. The molecule has 6 atom stereocenters. The van der Waals surface area contributed by atoms with Crippen LogP contribution in [0.3, 0.4) is 0 Å². The Balaban J connectivity index is 1.62. The number of benzene rings is 1. The number of rotatable bonds is 11. The molecule has 1 saturated heterocycles. The number of hydrogen-bond acceptors (Lipinski definition) is 11. The number of anilines is 1. The van der Waals surface area contributed by atoms with Gasteiger partial charge in [0.05, 0.1) is 19.0 Å². The summed E-state index contributed by atoms with van der Waals surface area (Å²) in [6.45, 7) is -0.264. The Morgan fingerprint density at radius 1 is 1.27 bits per heavy atom. The monoisotopic (exact) mass is 604 g/mol. The molecule has 0 saturated carbocycles. The molecule has 2 aromatic heterocycles. The van der Waals surface area contributed by atoms with E-state index in [0.29, 0.717) is 0 Å². The molecule has 1 fully saturated rings. The van der Waals surface area contributed by atoms with Gasteiger partial charge in [-0.3, -0.25) is 9.36 Å². The van der Waals surface area contributed by atoms with Crippen LogP contribution in [0.4, 0.5) is 19.0 Å². The predicted molar refractivity (Wildman–Crippen MR) is 141 cm³/mol. The zero-order valence-electron chi connectivity index (χ0n) is 21.6. The summed E-state index contributed by atoms with van der Waals surface area (Å²) < 4.78 is 67.9. The predicted octanol–water partition coefficient (Wildman–Crippen LogP) is 2.89. The fraction of sp³-hybridized carbons (Fsp3) is 0.478. The number of carbonyl (C=O) groups excluding carboxylic acids is 1. The van der Waals surface area contributed by atoms with E-state index in [4.69, 9.17) is 36.1 Å². The van der Waals surface area contributed by atoms with Crippen LogP contribution < -0.4 is 15.3 Å². The number of nitrogens with two attached hydrogens (primary N) is 1. The van der Waals surface area contributed by atoms with Crippen molar-refractivity contribution in [3.8, 4) is 5.75 Å². The smallest absolute Gasteiger partial charge is 0.323 e. The minimum absolute atomic E-state index is 0.00793. The van der Waals surface area contributed by atoms with Crippen molar-refractivity contribution in [1.82, 2.24) is 24.6 Å². The number of halogens is 3. The fourth-order valence-corrected chi connectivity index (χ4v) is 6.36. The van der Waals surface area contributed by atoms with Crippen molar-refractivity contribution in [2.45, 2.75) is 63.4 Å². The van der Waals surface area contributed by atoms with Gasteiger partial charge in [-0.25, -0.2) is 33.2 Å². The van der Waals surface area contributed by atoms with Crippen molar-refractivity contribution >= 4 is 41.4 Å². The zero-order chi connectivity index (χ0) is 29.2. The van der Waals surface area contributed by atoms with Gasteiger partial charge >= 0.3 is 12.6 Å². The Morgan fingerprint density at radius 2 is 1.98 bits per heavy atom. The summed E-state index contributed by atoms with van der Waals surface area (Å²) in [4.78, 5) is 24.2. The van der Waals surface area contributed by atoms with Gasteiger partial charge in [0.25, 0.3) is 6.43 Å². The fourth-order valence-electron chi connectivity index (χ4n) is 3.94. The lowest BCUT2D eigenvalue weighted by Crippen LogP contribution is -2.51. The molecule has 1 aliphatic heterocycles. The number of esters is 1. The lowest BCUT2D eigenvalue weighted by atomic mass is 9.98. The van der Waals surface area contributed by atoms with Gasteiger partial charge < -0.3 is 29.4 Å². The number of aliphatic hydroxyl groups is 1. The molecule has 0 amide bonds. The topological polar surface area (TPSA) is 156 Å². The molecule has 3 aromatic rings. The maximum Gasteiger partial charge on any atom is 0.323 e. The largest absolute Gasteiger partial charge is 0.462 e. The molecule has 0 radical (unpaired) electrons. The number of para-hydroxylation sites is 1. The summed E-state index contributed by atoms with van der Waals surface area (Å²) >= 11 is 5.53. The Kier molecular flexibility index (Phi) is 8.97.